The van der Waals surface area contributed by atoms with Gasteiger partial charge in [-0.15, -0.1) is 0 Å². The van der Waals surface area contributed by atoms with E-state index in [2.05, 4.69) is 10.6 Å². The number of hydrogen-bond donors (Lipinski definition) is 2. The maximum atomic E-state index is 13.8. The molecule has 0 radical (unpaired) electrons. The monoisotopic (exact) mass is 762 g/mol. The molecule has 3 heterocycles. The molecule has 0 spiro atoms. The molecule has 4 bridgehead atoms. The summed E-state index contributed by atoms with van der Waals surface area (Å²) in [6.07, 6.45) is -8.04. The van der Waals surface area contributed by atoms with E-state index in [0.29, 0.717) is 0 Å². The van der Waals surface area contributed by atoms with Crippen LogP contribution in [-0.2, 0) is 79.6 Å². The molecule has 300 valence electrons. The highest BCUT2D eigenvalue weighted by molar-refractivity contribution is 5.77. The Kier molecular flexibility index (Phi) is 17.5. The first-order valence-electron chi connectivity index (χ1n) is 18.0. The van der Waals surface area contributed by atoms with Gasteiger partial charge in [-0.3, -0.25) is 9.59 Å². The predicted molar refractivity (Wildman–Crippen MR) is 190 cm³/mol. The van der Waals surface area contributed by atoms with Gasteiger partial charge in [0.05, 0.1) is 38.3 Å². The molecule has 0 aliphatic carbocycles. The molecule has 0 unspecified atom stereocenters. The highest BCUT2D eigenvalue weighted by Gasteiger charge is 2.51. The molecule has 0 aromatic heterocycles. The van der Waals surface area contributed by atoms with E-state index in [9.17, 15) is 9.59 Å². The van der Waals surface area contributed by atoms with Gasteiger partial charge < -0.3 is 67.5 Å². The van der Waals surface area contributed by atoms with Crippen molar-refractivity contribution in [2.24, 2.45) is 0 Å². The van der Waals surface area contributed by atoms with Crippen LogP contribution in [0.3, 0.4) is 0 Å². The molecular weight excluding hydrogens is 708 g/mol. The van der Waals surface area contributed by atoms with Crippen LogP contribution in [0.5, 0.6) is 0 Å². The normalized spacial score (nSPS) is 30.6. The minimum absolute atomic E-state index is 0.0147. The Morgan fingerprint density at radius 1 is 0.481 bits per heavy atom. The van der Waals surface area contributed by atoms with Gasteiger partial charge in [-0.05, 0) is 11.1 Å². The Bertz CT molecular complexity index is 1270. The van der Waals surface area contributed by atoms with Crippen LogP contribution in [0.25, 0.3) is 0 Å². The lowest BCUT2D eigenvalue weighted by molar-refractivity contribution is -0.283. The molecule has 10 atom stereocenters. The van der Waals surface area contributed by atoms with Gasteiger partial charge in [0, 0.05) is 41.5 Å². The van der Waals surface area contributed by atoms with Crippen LogP contribution in [0.15, 0.2) is 60.7 Å². The summed E-state index contributed by atoms with van der Waals surface area (Å²) in [5.41, 5.74) is 1.85. The summed E-state index contributed by atoms with van der Waals surface area (Å²) in [4.78, 5) is 27.6. The number of methoxy groups -OCH3 is 4. The van der Waals surface area contributed by atoms with E-state index in [-0.39, 0.29) is 78.1 Å². The SMILES string of the molecule is COCO[C@@H]1[C@@H](OCc2ccccc2)[C@H](OCOC)[C@H]2CNC(=O)C[C@H]3O[C@H](CNC(=O)C[C@H]1O2)[C@@H](OCOC)[C@H](OCc1ccccc1)[C@H]3OCOC. The average Bonchev–Trinajstić information content (AvgIpc) is 3.19. The smallest absolute Gasteiger partial charge is 0.222 e. The molecule has 2 aromatic rings. The average molecular weight is 763 g/mol. The Morgan fingerprint density at radius 3 is 1.15 bits per heavy atom. The van der Waals surface area contributed by atoms with Gasteiger partial charge in [0.15, 0.2) is 0 Å². The fourth-order valence-electron chi connectivity index (χ4n) is 6.88. The van der Waals surface area contributed by atoms with Gasteiger partial charge in [0.2, 0.25) is 11.8 Å². The summed E-state index contributed by atoms with van der Waals surface area (Å²) in [6.45, 7) is 0.120. The summed E-state index contributed by atoms with van der Waals surface area (Å²) in [7, 11) is 6.02. The molecule has 3 aliphatic rings. The Morgan fingerprint density at radius 2 is 0.815 bits per heavy atom. The van der Waals surface area contributed by atoms with Gasteiger partial charge >= 0.3 is 0 Å². The standard InChI is InChI=1S/C38H54N2O14/c1-43-21-49-33-27-15-31(41)39-18-30-36(52-24-46-4)38(48-20-26-13-9-6-10-14-26)34(50-22-44-2)28(54-30)16-32(42)40-17-29(53-27)35(51-23-45-3)37(33)47-19-25-11-7-5-8-12-25/h5-14,27-30,33-38H,15-24H2,1-4H3,(H,39,41)(H,40,42)/t27-,28-,29-,30-,33+,34+,35-,36-,37-,38-/m1/s1. The van der Waals surface area contributed by atoms with Crippen molar-refractivity contribution in [1.29, 1.82) is 0 Å². The number of nitrogens with one attached hydrogen (secondary N) is 2. The summed E-state index contributed by atoms with van der Waals surface area (Å²) in [5.74, 6) is -0.678. The van der Waals surface area contributed by atoms with Crippen molar-refractivity contribution in [1.82, 2.24) is 10.6 Å². The van der Waals surface area contributed by atoms with Crippen LogP contribution >= 0.6 is 0 Å². The van der Waals surface area contributed by atoms with E-state index in [1.54, 1.807) is 0 Å². The van der Waals surface area contributed by atoms with E-state index >= 15 is 0 Å². The van der Waals surface area contributed by atoms with Crippen molar-refractivity contribution in [3.05, 3.63) is 71.8 Å². The quantitative estimate of drug-likeness (QED) is 0.211. The molecule has 5 rings (SSSR count). The first-order valence-corrected chi connectivity index (χ1v) is 18.0. The van der Waals surface area contributed by atoms with Crippen LogP contribution in [-0.4, -0.2) is 142 Å². The van der Waals surface area contributed by atoms with Gasteiger partial charge in [0.25, 0.3) is 0 Å². The minimum atomic E-state index is -0.817. The molecule has 2 amide bonds. The second kappa shape index (κ2) is 22.5. The third-order valence-corrected chi connectivity index (χ3v) is 9.32. The molecule has 54 heavy (non-hydrogen) atoms. The van der Waals surface area contributed by atoms with E-state index in [4.69, 9.17) is 56.8 Å². The van der Waals surface area contributed by atoms with Crippen molar-refractivity contribution in [3.8, 4) is 0 Å². The maximum absolute atomic E-state index is 13.8. The van der Waals surface area contributed by atoms with Crippen LogP contribution in [0.1, 0.15) is 24.0 Å². The lowest BCUT2D eigenvalue weighted by atomic mass is 9.90. The Balaban J connectivity index is 1.45. The predicted octanol–water partition coefficient (Wildman–Crippen LogP) is 1.67. The topological polar surface area (TPSA) is 169 Å². The van der Waals surface area contributed by atoms with Crippen LogP contribution < -0.4 is 10.6 Å². The largest absolute Gasteiger partial charge is 0.368 e. The molecule has 3 saturated heterocycles. The number of amides is 2. The Hall–Kier alpha value is -3.10. The van der Waals surface area contributed by atoms with Crippen molar-refractivity contribution in [2.45, 2.75) is 87.1 Å². The summed E-state index contributed by atoms with van der Waals surface area (Å²) >= 11 is 0. The first kappa shape index (κ1) is 42.1. The molecule has 16 heteroatoms. The molecular formula is C38H54N2O14. The van der Waals surface area contributed by atoms with Gasteiger partial charge in [-0.25, -0.2) is 0 Å². The number of fused-ring (bicyclic) bond motifs is 4. The second-order valence-electron chi connectivity index (χ2n) is 13.1. The number of carbonyl (C=O) groups excluding carboxylic acids is 2. The highest BCUT2D eigenvalue weighted by atomic mass is 16.7. The molecule has 0 saturated carbocycles. The van der Waals surface area contributed by atoms with Crippen LogP contribution in [0.4, 0.5) is 0 Å². The molecule has 2 N–H and O–H groups in total. The zero-order valence-electron chi connectivity index (χ0n) is 31.3. The van der Waals surface area contributed by atoms with Gasteiger partial charge in [-0.1, -0.05) is 60.7 Å². The van der Waals surface area contributed by atoms with E-state index in [1.165, 1.54) is 28.4 Å². The van der Waals surface area contributed by atoms with E-state index < -0.39 is 61.0 Å². The fraction of sp³-hybridized carbons (Fsp3) is 0.632. The van der Waals surface area contributed by atoms with Crippen LogP contribution in [0.2, 0.25) is 0 Å². The molecule has 16 nitrogen and oxygen atoms in total. The van der Waals surface area contributed by atoms with Crippen molar-refractivity contribution in [2.75, 3.05) is 68.7 Å². The molecule has 3 fully saturated rings. The van der Waals surface area contributed by atoms with Crippen molar-refractivity contribution < 1.29 is 66.4 Å². The number of rotatable bonds is 18. The van der Waals surface area contributed by atoms with Crippen LogP contribution in [0, 0.1) is 0 Å². The van der Waals surface area contributed by atoms with Crippen molar-refractivity contribution in [3.63, 3.8) is 0 Å². The fourth-order valence-corrected chi connectivity index (χ4v) is 6.88. The number of hydrogen-bond acceptors (Lipinski definition) is 14. The number of ether oxygens (including phenoxy) is 12. The molecule has 2 aromatic carbocycles. The number of benzene rings is 2. The van der Waals surface area contributed by atoms with Crippen molar-refractivity contribution >= 4 is 11.8 Å². The zero-order valence-corrected chi connectivity index (χ0v) is 31.3. The minimum Gasteiger partial charge on any atom is -0.368 e. The maximum Gasteiger partial charge on any atom is 0.222 e. The second-order valence-corrected chi connectivity index (χ2v) is 13.1. The third kappa shape index (κ3) is 11.9. The van der Waals surface area contributed by atoms with Gasteiger partial charge in [-0.2, -0.15) is 0 Å². The third-order valence-electron chi connectivity index (χ3n) is 9.32. The lowest BCUT2D eigenvalue weighted by Crippen LogP contribution is -2.65. The number of carbonyl (C=O) groups is 2. The molecule has 3 aliphatic heterocycles. The van der Waals surface area contributed by atoms with E-state index in [0.717, 1.165) is 11.1 Å². The first-order chi connectivity index (χ1) is 26.4. The highest BCUT2D eigenvalue weighted by Crippen LogP contribution is 2.33. The van der Waals surface area contributed by atoms with E-state index in [1.807, 2.05) is 60.7 Å². The van der Waals surface area contributed by atoms with Gasteiger partial charge in [0.1, 0.15) is 76.0 Å². The summed E-state index contributed by atoms with van der Waals surface area (Å²) in [6, 6.07) is 19.3. The summed E-state index contributed by atoms with van der Waals surface area (Å²) in [5, 5.41) is 5.99. The zero-order chi connectivity index (χ0) is 38.1. The lowest BCUT2D eigenvalue weighted by Gasteiger charge is -2.47. The Labute approximate surface area is 316 Å². The summed E-state index contributed by atoms with van der Waals surface area (Å²) < 4.78 is 71.8.